The highest BCUT2D eigenvalue weighted by molar-refractivity contribution is 7.86. The van der Waals surface area contributed by atoms with Gasteiger partial charge in [-0.05, 0) is 0 Å². The van der Waals surface area contributed by atoms with E-state index in [0.29, 0.717) is 6.07 Å². The predicted molar refractivity (Wildman–Crippen MR) is 47.2 cm³/mol. The number of aromatic nitrogens is 1. The molecule has 0 aliphatic carbocycles. The van der Waals surface area contributed by atoms with Crippen LogP contribution in [-0.4, -0.2) is 25.9 Å². The van der Waals surface area contributed by atoms with E-state index in [4.69, 9.17) is 9.11 Å². The molecular formula is C6H8NO6S2+. The molecule has 0 saturated carbocycles. The summed E-state index contributed by atoms with van der Waals surface area (Å²) >= 11 is 0. The zero-order valence-electron chi connectivity index (χ0n) is 7.52. The number of pyridine rings is 1. The molecule has 0 atom stereocenters. The van der Waals surface area contributed by atoms with Crippen LogP contribution >= 0.6 is 0 Å². The molecular weight excluding hydrogens is 246 g/mol. The van der Waals surface area contributed by atoms with Crippen LogP contribution in [0.3, 0.4) is 0 Å². The lowest BCUT2D eigenvalue weighted by molar-refractivity contribution is -0.710. The fraction of sp³-hybridized carbons (Fsp3) is 0.167. The first kappa shape index (κ1) is 12.0. The molecule has 1 aromatic rings. The number of rotatable bonds is 2. The zero-order chi connectivity index (χ0) is 11.9. The van der Waals surface area contributed by atoms with E-state index in [1.54, 1.807) is 0 Å². The van der Waals surface area contributed by atoms with E-state index in [9.17, 15) is 16.8 Å². The number of hydrogen-bond acceptors (Lipinski definition) is 4. The fourth-order valence-electron chi connectivity index (χ4n) is 0.947. The average Bonchev–Trinajstić information content (AvgIpc) is 2.00. The molecule has 0 spiro atoms. The summed E-state index contributed by atoms with van der Waals surface area (Å²) in [5.41, 5.74) is 0. The number of hydrogen-bond donors (Lipinski definition) is 2. The third kappa shape index (κ3) is 2.72. The van der Waals surface area contributed by atoms with E-state index in [0.717, 1.165) is 16.8 Å². The summed E-state index contributed by atoms with van der Waals surface area (Å²) in [6, 6.07) is 1.66. The Morgan fingerprint density at radius 2 is 1.67 bits per heavy atom. The first-order chi connectivity index (χ1) is 6.62. The van der Waals surface area contributed by atoms with Gasteiger partial charge in [-0.1, -0.05) is 0 Å². The smallest absolute Gasteiger partial charge is 0.282 e. The third-order valence-corrected chi connectivity index (χ3v) is 3.42. The minimum atomic E-state index is -4.53. The summed E-state index contributed by atoms with van der Waals surface area (Å²) in [4.78, 5) is -0.603. The van der Waals surface area contributed by atoms with Crippen LogP contribution in [0, 0.1) is 0 Å². The fourth-order valence-corrected chi connectivity index (χ4v) is 2.22. The summed E-state index contributed by atoms with van der Waals surface area (Å²) in [6.45, 7) is 0. The summed E-state index contributed by atoms with van der Waals surface area (Å²) in [5.74, 6) is 0. The average molecular weight is 254 g/mol. The van der Waals surface area contributed by atoms with Crippen molar-refractivity contribution in [2.45, 2.75) is 9.92 Å². The molecule has 9 heteroatoms. The SMILES string of the molecule is C[n+]1ccc(S(=O)(=O)O)cc1S(=O)(=O)O. The number of nitrogens with zero attached hydrogens (tertiary/aromatic N) is 1. The van der Waals surface area contributed by atoms with Gasteiger partial charge in [0.25, 0.3) is 10.1 Å². The molecule has 1 aromatic heterocycles. The van der Waals surface area contributed by atoms with Gasteiger partial charge in [-0.15, -0.1) is 0 Å². The van der Waals surface area contributed by atoms with Crippen molar-refractivity contribution in [2.24, 2.45) is 7.05 Å². The molecule has 0 bridgehead atoms. The van der Waals surface area contributed by atoms with Crippen LogP contribution in [0.4, 0.5) is 0 Å². The molecule has 0 unspecified atom stereocenters. The largest absolute Gasteiger partial charge is 0.355 e. The Balaban J connectivity index is 3.57. The highest BCUT2D eigenvalue weighted by Gasteiger charge is 2.24. The van der Waals surface area contributed by atoms with Crippen LogP contribution in [0.2, 0.25) is 0 Å². The lowest BCUT2D eigenvalue weighted by Crippen LogP contribution is -2.35. The van der Waals surface area contributed by atoms with Crippen LogP contribution < -0.4 is 4.57 Å². The standard InChI is InChI=1S/C6H7NO6S2/c1-7-3-2-5(14(8,9)10)4-6(7)15(11,12)13/h2-4H,1H3,(H-,8,9,10,11,12,13)/p+1. The van der Waals surface area contributed by atoms with E-state index in [1.807, 2.05) is 0 Å². The maximum absolute atomic E-state index is 10.8. The van der Waals surface area contributed by atoms with Crippen LogP contribution in [-0.2, 0) is 27.3 Å². The maximum atomic E-state index is 10.8. The minimum Gasteiger partial charge on any atom is -0.282 e. The Hall–Kier alpha value is -1.03. The first-order valence-electron chi connectivity index (χ1n) is 3.57. The van der Waals surface area contributed by atoms with Gasteiger partial charge in [0.2, 0.25) is 0 Å². The Kier molecular flexibility index (Phi) is 2.83. The van der Waals surface area contributed by atoms with Gasteiger partial charge in [-0.3, -0.25) is 9.11 Å². The topological polar surface area (TPSA) is 113 Å². The third-order valence-electron chi connectivity index (χ3n) is 1.64. The van der Waals surface area contributed by atoms with E-state index in [-0.39, 0.29) is 0 Å². The first-order valence-corrected chi connectivity index (χ1v) is 6.45. The van der Waals surface area contributed by atoms with Crippen molar-refractivity contribution in [2.75, 3.05) is 0 Å². The van der Waals surface area contributed by atoms with E-state index in [1.165, 1.54) is 7.05 Å². The molecule has 0 aliphatic rings. The Morgan fingerprint density at radius 1 is 1.13 bits per heavy atom. The molecule has 0 radical (unpaired) electrons. The molecule has 2 N–H and O–H groups in total. The normalized spacial score (nSPS) is 12.7. The molecule has 0 amide bonds. The monoisotopic (exact) mass is 254 g/mol. The zero-order valence-corrected chi connectivity index (χ0v) is 9.16. The lowest BCUT2D eigenvalue weighted by Gasteiger charge is -1.98. The van der Waals surface area contributed by atoms with Crippen molar-refractivity contribution in [3.05, 3.63) is 18.3 Å². The van der Waals surface area contributed by atoms with Gasteiger partial charge in [0.1, 0.15) is 11.9 Å². The second-order valence-corrected chi connectivity index (χ2v) is 5.55. The van der Waals surface area contributed by atoms with E-state index < -0.39 is 30.2 Å². The quantitative estimate of drug-likeness (QED) is 0.517. The number of aryl methyl sites for hydroxylation is 1. The van der Waals surface area contributed by atoms with Gasteiger partial charge in [0.05, 0.1) is 0 Å². The van der Waals surface area contributed by atoms with Crippen LogP contribution in [0.5, 0.6) is 0 Å². The molecule has 0 aromatic carbocycles. The molecule has 1 rings (SSSR count). The van der Waals surface area contributed by atoms with Gasteiger partial charge >= 0.3 is 15.1 Å². The molecule has 15 heavy (non-hydrogen) atoms. The van der Waals surface area contributed by atoms with Crippen LogP contribution in [0.15, 0.2) is 28.3 Å². The molecule has 7 nitrogen and oxygen atoms in total. The van der Waals surface area contributed by atoms with Crippen molar-refractivity contribution in [1.29, 1.82) is 0 Å². The second kappa shape index (κ2) is 3.52. The van der Waals surface area contributed by atoms with Crippen LogP contribution in [0.1, 0.15) is 0 Å². The summed E-state index contributed by atoms with van der Waals surface area (Å²) in [5, 5.41) is -0.627. The van der Waals surface area contributed by atoms with E-state index >= 15 is 0 Å². The molecule has 0 saturated heterocycles. The van der Waals surface area contributed by atoms with E-state index in [2.05, 4.69) is 0 Å². The highest BCUT2D eigenvalue weighted by atomic mass is 32.2. The van der Waals surface area contributed by atoms with Crippen LogP contribution in [0.25, 0.3) is 0 Å². The van der Waals surface area contributed by atoms with Gasteiger partial charge in [0.15, 0.2) is 6.20 Å². The Labute approximate surface area is 86.5 Å². The summed E-state index contributed by atoms with van der Waals surface area (Å²) in [6.07, 6.45) is 1.09. The van der Waals surface area contributed by atoms with Crippen molar-refractivity contribution >= 4 is 20.2 Å². The maximum Gasteiger partial charge on any atom is 0.355 e. The van der Waals surface area contributed by atoms with Crippen molar-refractivity contribution < 1.29 is 30.5 Å². The Bertz CT molecular complexity index is 588. The molecule has 84 valence electrons. The molecule has 1 heterocycles. The summed E-state index contributed by atoms with van der Waals surface area (Å²) in [7, 11) is -7.72. The molecule has 0 fully saturated rings. The second-order valence-electron chi connectivity index (χ2n) is 2.76. The van der Waals surface area contributed by atoms with Crippen molar-refractivity contribution in [1.82, 2.24) is 0 Å². The van der Waals surface area contributed by atoms with Crippen molar-refractivity contribution in [3.63, 3.8) is 0 Å². The van der Waals surface area contributed by atoms with Crippen molar-refractivity contribution in [3.8, 4) is 0 Å². The predicted octanol–water partition coefficient (Wildman–Crippen LogP) is -0.995. The van der Waals surface area contributed by atoms with Gasteiger partial charge in [0, 0.05) is 12.1 Å². The Morgan fingerprint density at radius 3 is 2.07 bits per heavy atom. The molecule has 0 aliphatic heterocycles. The highest BCUT2D eigenvalue weighted by Crippen LogP contribution is 2.10. The minimum absolute atomic E-state index is 0.603. The van der Waals surface area contributed by atoms with Gasteiger partial charge in [-0.25, -0.2) is 0 Å². The lowest BCUT2D eigenvalue weighted by atomic mass is 10.5. The summed E-state index contributed by atoms with van der Waals surface area (Å²) < 4.78 is 61.4. The van der Waals surface area contributed by atoms with Gasteiger partial charge < -0.3 is 0 Å². The van der Waals surface area contributed by atoms with Gasteiger partial charge in [-0.2, -0.15) is 21.4 Å².